The average molecular weight is 515 g/mol. The summed E-state index contributed by atoms with van der Waals surface area (Å²) in [5.41, 5.74) is 4.29. The number of likely N-dealkylation sites (N-methyl/N-ethyl adjacent to an activating group) is 1. The quantitative estimate of drug-likeness (QED) is 0.535. The van der Waals surface area contributed by atoms with Gasteiger partial charge in [-0.3, -0.25) is 0 Å². The number of fused-ring (bicyclic) bond motifs is 4. The standard InChI is InChI=1S/C30H38N6O2/c1-19-23-7-3-4-8-24(23)27(14-28(19)37)35-13-11-25-26(17-35)32-30(38-18-22-6-5-12-34(22)2)33-29(25)36-15-20-9-10-21(16-36)31-20/h3-4,7-8,14,20-22,31,37H,5-6,9-13,15-18H2,1-2H3/t20-,21+,22?. The number of phenolic OH excluding ortho intramolecular Hbond substituents is 1. The van der Waals surface area contributed by atoms with E-state index in [9.17, 15) is 5.11 Å². The summed E-state index contributed by atoms with van der Waals surface area (Å²) < 4.78 is 6.31. The lowest BCUT2D eigenvalue weighted by Gasteiger charge is -2.37. The Morgan fingerprint density at radius 3 is 2.58 bits per heavy atom. The zero-order valence-electron chi connectivity index (χ0n) is 22.5. The van der Waals surface area contributed by atoms with Crippen LogP contribution in [0.5, 0.6) is 11.8 Å². The van der Waals surface area contributed by atoms with Crippen molar-refractivity contribution in [2.24, 2.45) is 0 Å². The number of piperazine rings is 1. The van der Waals surface area contributed by atoms with E-state index in [0.29, 0.717) is 43.0 Å². The van der Waals surface area contributed by atoms with E-state index in [4.69, 9.17) is 14.7 Å². The Kier molecular flexibility index (Phi) is 6.04. The highest BCUT2D eigenvalue weighted by Gasteiger charge is 2.35. The van der Waals surface area contributed by atoms with Gasteiger partial charge in [0.2, 0.25) is 0 Å². The van der Waals surface area contributed by atoms with E-state index in [1.807, 2.05) is 19.1 Å². The van der Waals surface area contributed by atoms with E-state index >= 15 is 0 Å². The molecule has 4 aliphatic rings. The lowest BCUT2D eigenvalue weighted by Crippen LogP contribution is -2.52. The molecular formula is C30H38N6O2. The van der Waals surface area contributed by atoms with Crippen LogP contribution in [0.4, 0.5) is 11.5 Å². The number of nitrogens with one attached hydrogen (secondary N) is 1. The van der Waals surface area contributed by atoms with Crippen LogP contribution < -0.4 is 19.9 Å². The van der Waals surface area contributed by atoms with Crippen LogP contribution in [0.15, 0.2) is 30.3 Å². The molecule has 7 rings (SSSR count). The summed E-state index contributed by atoms with van der Waals surface area (Å²) in [5.74, 6) is 1.41. The van der Waals surface area contributed by atoms with Crippen LogP contribution in [-0.4, -0.2) is 77.9 Å². The molecule has 2 aromatic carbocycles. The van der Waals surface area contributed by atoms with Gasteiger partial charge in [-0.15, -0.1) is 0 Å². The van der Waals surface area contributed by atoms with Crippen LogP contribution in [-0.2, 0) is 13.0 Å². The van der Waals surface area contributed by atoms with Crippen LogP contribution in [0.3, 0.4) is 0 Å². The van der Waals surface area contributed by atoms with Gasteiger partial charge in [0, 0.05) is 60.5 Å². The lowest BCUT2D eigenvalue weighted by molar-refractivity contribution is 0.187. The first-order valence-corrected chi connectivity index (χ1v) is 14.2. The Bertz CT molecular complexity index is 1350. The summed E-state index contributed by atoms with van der Waals surface area (Å²) in [5, 5.41) is 16.8. The van der Waals surface area contributed by atoms with Crippen molar-refractivity contribution in [3.05, 3.63) is 47.2 Å². The van der Waals surface area contributed by atoms with E-state index < -0.39 is 0 Å². The minimum Gasteiger partial charge on any atom is -0.508 e. The third-order valence-electron chi connectivity index (χ3n) is 9.22. The highest BCUT2D eigenvalue weighted by Crippen LogP contribution is 2.39. The molecule has 2 bridgehead atoms. The molecule has 0 saturated carbocycles. The highest BCUT2D eigenvalue weighted by molar-refractivity contribution is 5.98. The molecule has 0 aliphatic carbocycles. The Hall–Kier alpha value is -3.10. The highest BCUT2D eigenvalue weighted by atomic mass is 16.5. The normalized spacial score (nSPS) is 25.3. The van der Waals surface area contributed by atoms with Crippen LogP contribution in [0, 0.1) is 6.92 Å². The number of benzene rings is 2. The molecule has 0 amide bonds. The van der Waals surface area contributed by atoms with Crippen molar-refractivity contribution < 1.29 is 9.84 Å². The fraction of sp³-hybridized carbons (Fsp3) is 0.533. The number of rotatable bonds is 5. The minimum atomic E-state index is 0.342. The predicted molar refractivity (Wildman–Crippen MR) is 150 cm³/mol. The second-order valence-corrected chi connectivity index (χ2v) is 11.6. The van der Waals surface area contributed by atoms with E-state index in [2.05, 4.69) is 45.3 Å². The number of phenols is 1. The molecule has 1 unspecified atom stereocenters. The molecule has 8 heteroatoms. The van der Waals surface area contributed by atoms with Gasteiger partial charge in [-0.05, 0) is 63.6 Å². The van der Waals surface area contributed by atoms with E-state index in [-0.39, 0.29) is 0 Å². The van der Waals surface area contributed by atoms with E-state index in [1.54, 1.807) is 0 Å². The number of aromatic nitrogens is 2. The van der Waals surface area contributed by atoms with Gasteiger partial charge in [0.1, 0.15) is 18.2 Å². The third-order valence-corrected chi connectivity index (χ3v) is 9.22. The Morgan fingerprint density at radius 1 is 1.03 bits per heavy atom. The largest absolute Gasteiger partial charge is 0.508 e. The molecule has 5 heterocycles. The van der Waals surface area contributed by atoms with Crippen molar-refractivity contribution >= 4 is 22.3 Å². The molecule has 38 heavy (non-hydrogen) atoms. The second kappa shape index (κ2) is 9.58. The number of likely N-dealkylation sites (tertiary alicyclic amines) is 1. The fourth-order valence-electron chi connectivity index (χ4n) is 7.00. The molecule has 0 spiro atoms. The van der Waals surface area contributed by atoms with Crippen molar-refractivity contribution in [3.63, 3.8) is 0 Å². The summed E-state index contributed by atoms with van der Waals surface area (Å²) in [6.45, 7) is 7.26. The summed E-state index contributed by atoms with van der Waals surface area (Å²) in [4.78, 5) is 17.3. The summed E-state index contributed by atoms with van der Waals surface area (Å²) in [6.07, 6.45) is 5.73. The topological polar surface area (TPSA) is 77.0 Å². The number of aromatic hydroxyl groups is 1. The Labute approximate surface area is 224 Å². The second-order valence-electron chi connectivity index (χ2n) is 11.6. The van der Waals surface area contributed by atoms with Gasteiger partial charge in [-0.1, -0.05) is 24.3 Å². The maximum absolute atomic E-state index is 10.7. The van der Waals surface area contributed by atoms with Gasteiger partial charge in [-0.2, -0.15) is 9.97 Å². The number of aryl methyl sites for hydroxylation is 1. The first kappa shape index (κ1) is 24.0. The van der Waals surface area contributed by atoms with Crippen molar-refractivity contribution in [3.8, 4) is 11.8 Å². The summed E-state index contributed by atoms with van der Waals surface area (Å²) >= 11 is 0. The fourth-order valence-corrected chi connectivity index (χ4v) is 7.00. The van der Waals surface area contributed by atoms with Gasteiger partial charge < -0.3 is 29.9 Å². The van der Waals surface area contributed by atoms with Gasteiger partial charge in [0.15, 0.2) is 0 Å². The SMILES string of the molecule is Cc1c(O)cc(N2CCc3c(nc(OCC4CCCN4C)nc3N3C[C@H]4CC[C@@H](C3)N4)C2)c2ccccc12. The maximum atomic E-state index is 10.7. The molecule has 8 nitrogen and oxygen atoms in total. The molecule has 1 aromatic heterocycles. The van der Waals surface area contributed by atoms with E-state index in [1.165, 1.54) is 30.2 Å². The van der Waals surface area contributed by atoms with Crippen LogP contribution in [0.2, 0.25) is 0 Å². The summed E-state index contributed by atoms with van der Waals surface area (Å²) in [6, 6.07) is 12.3. The van der Waals surface area contributed by atoms with Crippen molar-refractivity contribution in [2.45, 2.75) is 63.7 Å². The number of hydrogen-bond donors (Lipinski definition) is 2. The minimum absolute atomic E-state index is 0.342. The monoisotopic (exact) mass is 514 g/mol. The van der Waals surface area contributed by atoms with Crippen LogP contribution >= 0.6 is 0 Å². The number of hydrogen-bond acceptors (Lipinski definition) is 8. The van der Waals surface area contributed by atoms with Gasteiger partial charge in [-0.25, -0.2) is 0 Å². The Balaban J connectivity index is 1.24. The zero-order valence-corrected chi connectivity index (χ0v) is 22.5. The molecule has 4 aliphatic heterocycles. The predicted octanol–water partition coefficient (Wildman–Crippen LogP) is 3.62. The molecular weight excluding hydrogens is 476 g/mol. The molecule has 200 valence electrons. The molecule has 0 radical (unpaired) electrons. The van der Waals surface area contributed by atoms with Gasteiger partial charge in [0.25, 0.3) is 0 Å². The van der Waals surface area contributed by atoms with Gasteiger partial charge in [0.05, 0.1) is 12.2 Å². The van der Waals surface area contributed by atoms with Gasteiger partial charge >= 0.3 is 6.01 Å². The van der Waals surface area contributed by atoms with Crippen molar-refractivity contribution in [1.29, 1.82) is 0 Å². The third kappa shape index (κ3) is 4.24. The first-order chi connectivity index (χ1) is 18.5. The summed E-state index contributed by atoms with van der Waals surface area (Å²) in [7, 11) is 2.18. The number of ether oxygens (including phenoxy) is 1. The number of anilines is 2. The molecule has 3 saturated heterocycles. The smallest absolute Gasteiger partial charge is 0.318 e. The van der Waals surface area contributed by atoms with Crippen molar-refractivity contribution in [1.82, 2.24) is 20.2 Å². The molecule has 3 aromatic rings. The average Bonchev–Trinajstić information content (AvgIpc) is 3.51. The zero-order chi connectivity index (χ0) is 25.8. The van der Waals surface area contributed by atoms with E-state index in [0.717, 1.165) is 67.2 Å². The number of nitrogens with zero attached hydrogens (tertiary/aromatic N) is 5. The maximum Gasteiger partial charge on any atom is 0.318 e. The molecule has 2 N–H and O–H groups in total. The molecule has 3 atom stereocenters. The van der Waals surface area contributed by atoms with Crippen molar-refractivity contribution in [2.75, 3.05) is 49.6 Å². The van der Waals surface area contributed by atoms with Crippen LogP contribution in [0.1, 0.15) is 42.5 Å². The lowest BCUT2D eigenvalue weighted by atomic mass is 9.99. The first-order valence-electron chi connectivity index (χ1n) is 14.2. The van der Waals surface area contributed by atoms with Crippen LogP contribution in [0.25, 0.3) is 10.8 Å². The molecule has 3 fully saturated rings. The Morgan fingerprint density at radius 2 is 1.82 bits per heavy atom.